The summed E-state index contributed by atoms with van der Waals surface area (Å²) in [6, 6.07) is 8.07. The maximum absolute atomic E-state index is 11.8. The van der Waals surface area contributed by atoms with Crippen LogP contribution in [-0.4, -0.2) is 30.3 Å². The fourth-order valence-corrected chi connectivity index (χ4v) is 3.39. The number of aromatic nitrogens is 1. The molecule has 0 radical (unpaired) electrons. The van der Waals surface area contributed by atoms with Crippen LogP contribution in [-0.2, 0) is 21.1 Å². The summed E-state index contributed by atoms with van der Waals surface area (Å²) in [5.74, 6) is -1.08. The number of carbonyl (C=O) groups is 1. The SMILES string of the molecule is CCc1ccc(-c2csc(NC(=O)CS(=O)(=O)C(C)C)n2)cc1. The summed E-state index contributed by atoms with van der Waals surface area (Å²) in [7, 11) is -3.41. The van der Waals surface area contributed by atoms with E-state index in [1.165, 1.54) is 16.9 Å². The molecular formula is C16H20N2O3S2. The number of hydrogen-bond acceptors (Lipinski definition) is 5. The fourth-order valence-electron chi connectivity index (χ4n) is 1.88. The van der Waals surface area contributed by atoms with Gasteiger partial charge in [-0.1, -0.05) is 31.2 Å². The average Bonchev–Trinajstić information content (AvgIpc) is 2.95. The molecule has 0 spiro atoms. The number of anilines is 1. The van der Waals surface area contributed by atoms with Crippen LogP contribution in [0.1, 0.15) is 26.3 Å². The molecule has 5 nitrogen and oxygen atoms in total. The molecule has 0 saturated heterocycles. The van der Waals surface area contributed by atoms with Crippen molar-refractivity contribution in [2.75, 3.05) is 11.1 Å². The van der Waals surface area contributed by atoms with Crippen LogP contribution < -0.4 is 5.32 Å². The molecule has 0 unspecified atom stereocenters. The number of rotatable bonds is 6. The number of amides is 1. The third kappa shape index (κ3) is 4.62. The Labute approximate surface area is 140 Å². The third-order valence-corrected chi connectivity index (χ3v) is 6.32. The smallest absolute Gasteiger partial charge is 0.241 e. The van der Waals surface area contributed by atoms with Gasteiger partial charge in [-0.3, -0.25) is 4.79 Å². The highest BCUT2D eigenvalue weighted by Gasteiger charge is 2.21. The van der Waals surface area contributed by atoms with E-state index < -0.39 is 26.7 Å². The van der Waals surface area contributed by atoms with E-state index in [0.717, 1.165) is 17.7 Å². The fraction of sp³-hybridized carbons (Fsp3) is 0.375. The standard InChI is InChI=1S/C16H20N2O3S2/c1-4-12-5-7-13(8-6-12)14-9-22-16(17-14)18-15(19)10-23(20,21)11(2)3/h5-9,11H,4,10H2,1-3H3,(H,17,18,19). The van der Waals surface area contributed by atoms with Gasteiger partial charge >= 0.3 is 0 Å². The molecule has 2 rings (SSSR count). The summed E-state index contributed by atoms with van der Waals surface area (Å²) in [6.07, 6.45) is 0.975. The third-order valence-electron chi connectivity index (χ3n) is 3.46. The summed E-state index contributed by atoms with van der Waals surface area (Å²) in [5, 5.41) is 4.23. The van der Waals surface area contributed by atoms with Gasteiger partial charge in [0.1, 0.15) is 5.75 Å². The molecule has 0 aliphatic carbocycles. The van der Waals surface area contributed by atoms with Gasteiger partial charge in [-0.05, 0) is 25.8 Å². The molecule has 1 aromatic heterocycles. The number of carbonyl (C=O) groups excluding carboxylic acids is 1. The lowest BCUT2D eigenvalue weighted by Crippen LogP contribution is -2.27. The van der Waals surface area contributed by atoms with E-state index in [-0.39, 0.29) is 0 Å². The van der Waals surface area contributed by atoms with Gasteiger partial charge in [0.05, 0.1) is 10.9 Å². The number of sulfone groups is 1. The maximum atomic E-state index is 11.8. The van der Waals surface area contributed by atoms with Gasteiger partial charge < -0.3 is 5.32 Å². The summed E-state index contributed by atoms with van der Waals surface area (Å²) in [6.45, 7) is 5.21. The number of nitrogens with one attached hydrogen (secondary N) is 1. The van der Waals surface area contributed by atoms with Crippen LogP contribution in [0.2, 0.25) is 0 Å². The van der Waals surface area contributed by atoms with Crippen LogP contribution in [0, 0.1) is 0 Å². The van der Waals surface area contributed by atoms with E-state index in [1.807, 2.05) is 29.6 Å². The highest BCUT2D eigenvalue weighted by atomic mass is 32.2. The molecule has 0 aliphatic heterocycles. The number of aryl methyl sites for hydroxylation is 1. The van der Waals surface area contributed by atoms with Gasteiger partial charge in [0.15, 0.2) is 15.0 Å². The van der Waals surface area contributed by atoms with Crippen molar-refractivity contribution in [2.45, 2.75) is 32.4 Å². The van der Waals surface area contributed by atoms with E-state index >= 15 is 0 Å². The van der Waals surface area contributed by atoms with E-state index in [0.29, 0.717) is 5.13 Å². The highest BCUT2D eigenvalue weighted by Crippen LogP contribution is 2.25. The minimum Gasteiger partial charge on any atom is -0.301 e. The molecule has 0 fully saturated rings. The molecule has 1 amide bonds. The quantitative estimate of drug-likeness (QED) is 0.866. The molecule has 1 aromatic carbocycles. The topological polar surface area (TPSA) is 76.1 Å². The molecule has 1 N–H and O–H groups in total. The molecule has 7 heteroatoms. The summed E-state index contributed by atoms with van der Waals surface area (Å²) in [4.78, 5) is 16.2. The zero-order valence-electron chi connectivity index (χ0n) is 13.4. The Balaban J connectivity index is 2.06. The van der Waals surface area contributed by atoms with Crippen molar-refractivity contribution < 1.29 is 13.2 Å². The summed E-state index contributed by atoms with van der Waals surface area (Å²) in [5.41, 5.74) is 2.98. The Bertz CT molecular complexity index is 778. The Morgan fingerprint density at radius 2 is 1.91 bits per heavy atom. The van der Waals surface area contributed by atoms with Crippen molar-refractivity contribution in [1.29, 1.82) is 0 Å². The van der Waals surface area contributed by atoms with Crippen molar-refractivity contribution in [1.82, 2.24) is 4.98 Å². The van der Waals surface area contributed by atoms with Gasteiger partial charge in [0.25, 0.3) is 0 Å². The summed E-state index contributed by atoms with van der Waals surface area (Å²) < 4.78 is 23.5. The zero-order chi connectivity index (χ0) is 17.0. The predicted molar refractivity (Wildman–Crippen MR) is 94.5 cm³/mol. The van der Waals surface area contributed by atoms with Crippen LogP contribution in [0.25, 0.3) is 11.3 Å². The van der Waals surface area contributed by atoms with Crippen LogP contribution in [0.3, 0.4) is 0 Å². The van der Waals surface area contributed by atoms with Crippen LogP contribution in [0.4, 0.5) is 5.13 Å². The first kappa shape index (κ1) is 17.6. The average molecular weight is 352 g/mol. The zero-order valence-corrected chi connectivity index (χ0v) is 15.0. The maximum Gasteiger partial charge on any atom is 0.241 e. The Morgan fingerprint density at radius 3 is 2.48 bits per heavy atom. The second kappa shape index (κ2) is 7.23. The molecule has 0 saturated carbocycles. The molecule has 1 heterocycles. The van der Waals surface area contributed by atoms with Crippen molar-refractivity contribution >= 4 is 32.2 Å². The molecular weight excluding hydrogens is 332 g/mol. The van der Waals surface area contributed by atoms with E-state index in [1.54, 1.807) is 13.8 Å². The number of nitrogens with zero attached hydrogens (tertiary/aromatic N) is 1. The van der Waals surface area contributed by atoms with Crippen LogP contribution in [0.15, 0.2) is 29.6 Å². The predicted octanol–water partition coefficient (Wildman–Crippen LogP) is 3.13. The van der Waals surface area contributed by atoms with E-state index in [2.05, 4.69) is 17.2 Å². The molecule has 0 bridgehead atoms. The highest BCUT2D eigenvalue weighted by molar-refractivity contribution is 7.92. The molecule has 23 heavy (non-hydrogen) atoms. The second-order valence-corrected chi connectivity index (χ2v) is 8.91. The monoisotopic (exact) mass is 352 g/mol. The lowest BCUT2D eigenvalue weighted by atomic mass is 10.1. The Morgan fingerprint density at radius 1 is 1.26 bits per heavy atom. The number of benzene rings is 1. The lowest BCUT2D eigenvalue weighted by Gasteiger charge is -2.06. The van der Waals surface area contributed by atoms with Crippen molar-refractivity contribution in [3.63, 3.8) is 0 Å². The van der Waals surface area contributed by atoms with Crippen LogP contribution in [0.5, 0.6) is 0 Å². The minimum absolute atomic E-state index is 0.406. The van der Waals surface area contributed by atoms with Gasteiger partial charge in [0, 0.05) is 10.9 Å². The second-order valence-electron chi connectivity index (χ2n) is 5.49. The van der Waals surface area contributed by atoms with Gasteiger partial charge in [-0.25, -0.2) is 13.4 Å². The van der Waals surface area contributed by atoms with Crippen LogP contribution >= 0.6 is 11.3 Å². The number of thiazole rings is 1. The van der Waals surface area contributed by atoms with Gasteiger partial charge in [-0.15, -0.1) is 11.3 Å². The van der Waals surface area contributed by atoms with Crippen molar-refractivity contribution in [3.05, 3.63) is 35.2 Å². The number of hydrogen-bond donors (Lipinski definition) is 1. The normalized spacial score (nSPS) is 11.7. The Kier molecular flexibility index (Phi) is 5.54. The molecule has 2 aromatic rings. The lowest BCUT2D eigenvalue weighted by molar-refractivity contribution is -0.113. The van der Waals surface area contributed by atoms with Gasteiger partial charge in [0.2, 0.25) is 5.91 Å². The minimum atomic E-state index is -3.41. The molecule has 0 aliphatic rings. The Hall–Kier alpha value is -1.73. The first-order valence-electron chi connectivity index (χ1n) is 7.38. The molecule has 124 valence electrons. The van der Waals surface area contributed by atoms with Crippen molar-refractivity contribution in [3.8, 4) is 11.3 Å². The molecule has 0 atom stereocenters. The van der Waals surface area contributed by atoms with E-state index in [9.17, 15) is 13.2 Å². The first-order chi connectivity index (χ1) is 10.8. The van der Waals surface area contributed by atoms with Crippen molar-refractivity contribution in [2.24, 2.45) is 0 Å². The van der Waals surface area contributed by atoms with Gasteiger partial charge in [-0.2, -0.15) is 0 Å². The van der Waals surface area contributed by atoms with E-state index in [4.69, 9.17) is 0 Å². The summed E-state index contributed by atoms with van der Waals surface area (Å²) >= 11 is 1.28. The first-order valence-corrected chi connectivity index (χ1v) is 9.97. The largest absolute Gasteiger partial charge is 0.301 e.